The summed E-state index contributed by atoms with van der Waals surface area (Å²) in [7, 11) is 0. The number of fused-ring (bicyclic) bond motifs is 2. The van der Waals surface area contributed by atoms with Crippen LogP contribution in [0.1, 0.15) is 18.4 Å². The average molecular weight is 353 g/mol. The lowest BCUT2D eigenvalue weighted by Crippen LogP contribution is -2.58. The van der Waals surface area contributed by atoms with Crippen LogP contribution in [0.2, 0.25) is 0 Å². The normalized spacial score (nSPS) is 25.6. The van der Waals surface area contributed by atoms with Gasteiger partial charge in [-0.2, -0.15) is 0 Å². The van der Waals surface area contributed by atoms with Crippen LogP contribution >= 0.6 is 0 Å². The maximum Gasteiger partial charge on any atom is 0.292 e. The average Bonchev–Trinajstić information content (AvgIpc) is 2.63. The van der Waals surface area contributed by atoms with Crippen LogP contribution in [0, 0.1) is 10.1 Å². The lowest BCUT2D eigenvalue weighted by Gasteiger charge is -2.48. The molecule has 2 bridgehead atoms. The summed E-state index contributed by atoms with van der Waals surface area (Å²) in [6.45, 7) is 2.37. The summed E-state index contributed by atoms with van der Waals surface area (Å²) in [6, 6.07) is 18.3. The molecule has 26 heavy (non-hydrogen) atoms. The first-order valence-electron chi connectivity index (χ1n) is 9.08. The molecule has 136 valence electrons. The number of nitro benzene ring substituents is 1. The van der Waals surface area contributed by atoms with E-state index in [1.54, 1.807) is 18.2 Å². The fourth-order valence-corrected chi connectivity index (χ4v) is 4.13. The zero-order valence-corrected chi connectivity index (χ0v) is 14.6. The molecule has 2 saturated heterocycles. The SMILES string of the molecule is O=[N+]([O-])c1ccccc1NC1CC2COCC(C1)N2Cc1ccccc1. The third-order valence-corrected chi connectivity index (χ3v) is 5.34. The number of rotatable bonds is 5. The Kier molecular flexibility index (Phi) is 4.86. The van der Waals surface area contributed by atoms with Gasteiger partial charge in [0.15, 0.2) is 0 Å². The Morgan fingerprint density at radius 3 is 2.38 bits per heavy atom. The van der Waals surface area contributed by atoms with Crippen LogP contribution < -0.4 is 5.32 Å². The lowest BCUT2D eigenvalue weighted by molar-refractivity contribution is -0.384. The van der Waals surface area contributed by atoms with Crippen LogP contribution in [-0.4, -0.2) is 41.2 Å². The Morgan fingerprint density at radius 1 is 1.04 bits per heavy atom. The quantitative estimate of drug-likeness (QED) is 0.659. The van der Waals surface area contributed by atoms with Gasteiger partial charge in [0.05, 0.1) is 18.1 Å². The predicted molar refractivity (Wildman–Crippen MR) is 100 cm³/mol. The second kappa shape index (κ2) is 7.43. The van der Waals surface area contributed by atoms with Crippen molar-refractivity contribution in [2.75, 3.05) is 18.5 Å². The summed E-state index contributed by atoms with van der Waals surface area (Å²) < 4.78 is 5.79. The molecule has 4 rings (SSSR count). The Labute approximate surface area is 152 Å². The summed E-state index contributed by atoms with van der Waals surface area (Å²) in [5, 5.41) is 14.7. The molecule has 2 atom stereocenters. The Bertz CT molecular complexity index is 754. The van der Waals surface area contributed by atoms with E-state index >= 15 is 0 Å². The summed E-state index contributed by atoms with van der Waals surface area (Å²) in [4.78, 5) is 13.5. The van der Waals surface area contributed by atoms with E-state index in [1.165, 1.54) is 5.56 Å². The fraction of sp³-hybridized carbons (Fsp3) is 0.400. The topological polar surface area (TPSA) is 67.6 Å². The zero-order chi connectivity index (χ0) is 17.9. The van der Waals surface area contributed by atoms with Crippen molar-refractivity contribution < 1.29 is 9.66 Å². The number of piperidine rings is 1. The molecular weight excluding hydrogens is 330 g/mol. The number of morpholine rings is 1. The lowest BCUT2D eigenvalue weighted by atomic mass is 9.89. The second-order valence-corrected chi connectivity index (χ2v) is 7.09. The van der Waals surface area contributed by atoms with Crippen LogP contribution in [0.5, 0.6) is 0 Å². The van der Waals surface area contributed by atoms with Gasteiger partial charge in [0.1, 0.15) is 5.69 Å². The molecule has 0 radical (unpaired) electrons. The monoisotopic (exact) mass is 353 g/mol. The molecule has 0 saturated carbocycles. The highest BCUT2D eigenvalue weighted by Crippen LogP contribution is 2.33. The molecule has 2 aliphatic rings. The van der Waals surface area contributed by atoms with E-state index in [0.717, 1.165) is 32.6 Å². The molecule has 6 heteroatoms. The highest BCUT2D eigenvalue weighted by Gasteiger charge is 2.39. The number of hydrogen-bond donors (Lipinski definition) is 1. The molecule has 0 aromatic heterocycles. The van der Waals surface area contributed by atoms with Crippen molar-refractivity contribution in [2.24, 2.45) is 0 Å². The van der Waals surface area contributed by atoms with Crippen molar-refractivity contribution in [1.29, 1.82) is 0 Å². The first-order valence-corrected chi connectivity index (χ1v) is 9.08. The first kappa shape index (κ1) is 17.0. The number of nitro groups is 1. The molecule has 2 heterocycles. The number of nitrogens with one attached hydrogen (secondary N) is 1. The predicted octanol–water partition coefficient (Wildman–Crippen LogP) is 3.44. The van der Waals surface area contributed by atoms with Gasteiger partial charge in [-0.15, -0.1) is 0 Å². The van der Waals surface area contributed by atoms with E-state index in [1.807, 2.05) is 12.1 Å². The minimum absolute atomic E-state index is 0.139. The van der Waals surface area contributed by atoms with Gasteiger partial charge >= 0.3 is 0 Å². The van der Waals surface area contributed by atoms with E-state index in [2.05, 4.69) is 34.5 Å². The molecule has 0 amide bonds. The van der Waals surface area contributed by atoms with Crippen LogP contribution in [0.4, 0.5) is 11.4 Å². The van der Waals surface area contributed by atoms with Gasteiger partial charge < -0.3 is 10.1 Å². The van der Waals surface area contributed by atoms with Crippen molar-refractivity contribution in [2.45, 2.75) is 37.5 Å². The van der Waals surface area contributed by atoms with Crippen molar-refractivity contribution in [3.63, 3.8) is 0 Å². The molecule has 1 N–H and O–H groups in total. The Hall–Kier alpha value is -2.44. The van der Waals surface area contributed by atoms with Crippen LogP contribution in [0.3, 0.4) is 0 Å². The molecule has 2 aliphatic heterocycles. The molecule has 2 aromatic rings. The summed E-state index contributed by atoms with van der Waals surface area (Å²) in [5.41, 5.74) is 2.06. The number of para-hydroxylation sites is 2. The standard InChI is InChI=1S/C20H23N3O3/c24-23(25)20-9-5-4-8-19(20)21-16-10-17-13-26-14-18(11-16)22(17)12-15-6-2-1-3-7-15/h1-9,16-18,21H,10-14H2. The van der Waals surface area contributed by atoms with Gasteiger partial charge in [-0.25, -0.2) is 0 Å². The maximum atomic E-state index is 11.3. The van der Waals surface area contributed by atoms with Crippen LogP contribution in [0.25, 0.3) is 0 Å². The summed E-state index contributed by atoms with van der Waals surface area (Å²) in [6.07, 6.45) is 1.85. The number of hydrogen-bond acceptors (Lipinski definition) is 5. The van der Waals surface area contributed by atoms with Crippen molar-refractivity contribution in [3.8, 4) is 0 Å². The Balaban J connectivity index is 1.47. The fourth-order valence-electron chi connectivity index (χ4n) is 4.13. The second-order valence-electron chi connectivity index (χ2n) is 7.09. The van der Waals surface area contributed by atoms with E-state index in [-0.39, 0.29) is 16.7 Å². The largest absolute Gasteiger partial charge is 0.378 e. The smallest absolute Gasteiger partial charge is 0.292 e. The highest BCUT2D eigenvalue weighted by atomic mass is 16.6. The maximum absolute atomic E-state index is 11.3. The minimum Gasteiger partial charge on any atom is -0.378 e. The highest BCUT2D eigenvalue weighted by molar-refractivity contribution is 5.61. The third-order valence-electron chi connectivity index (χ3n) is 5.34. The van der Waals surface area contributed by atoms with E-state index in [9.17, 15) is 10.1 Å². The van der Waals surface area contributed by atoms with Crippen molar-refractivity contribution >= 4 is 11.4 Å². The molecule has 2 unspecified atom stereocenters. The molecular formula is C20H23N3O3. The van der Waals surface area contributed by atoms with Gasteiger partial charge in [-0.3, -0.25) is 15.0 Å². The zero-order valence-electron chi connectivity index (χ0n) is 14.6. The molecule has 0 aliphatic carbocycles. The van der Waals surface area contributed by atoms with E-state index in [0.29, 0.717) is 17.8 Å². The Morgan fingerprint density at radius 2 is 1.69 bits per heavy atom. The molecule has 0 spiro atoms. The molecule has 6 nitrogen and oxygen atoms in total. The van der Waals surface area contributed by atoms with Crippen LogP contribution in [-0.2, 0) is 11.3 Å². The van der Waals surface area contributed by atoms with Gasteiger partial charge in [0, 0.05) is 30.7 Å². The van der Waals surface area contributed by atoms with Gasteiger partial charge in [0.2, 0.25) is 0 Å². The van der Waals surface area contributed by atoms with E-state index in [4.69, 9.17) is 4.74 Å². The van der Waals surface area contributed by atoms with Crippen molar-refractivity contribution in [3.05, 3.63) is 70.3 Å². The van der Waals surface area contributed by atoms with Gasteiger partial charge in [-0.1, -0.05) is 42.5 Å². The number of anilines is 1. The summed E-state index contributed by atoms with van der Waals surface area (Å²) >= 11 is 0. The van der Waals surface area contributed by atoms with Gasteiger partial charge in [0.25, 0.3) is 5.69 Å². The number of ether oxygens (including phenoxy) is 1. The molecule has 2 fully saturated rings. The summed E-state index contributed by atoms with van der Waals surface area (Å²) in [5.74, 6) is 0. The first-order chi connectivity index (χ1) is 12.7. The van der Waals surface area contributed by atoms with Gasteiger partial charge in [-0.05, 0) is 24.5 Å². The van der Waals surface area contributed by atoms with E-state index < -0.39 is 0 Å². The molecule has 2 aromatic carbocycles. The third kappa shape index (κ3) is 3.57. The minimum atomic E-state index is -0.323. The van der Waals surface area contributed by atoms with Crippen LogP contribution in [0.15, 0.2) is 54.6 Å². The number of nitrogens with zero attached hydrogens (tertiary/aromatic N) is 2. The van der Waals surface area contributed by atoms with Crippen molar-refractivity contribution in [1.82, 2.24) is 4.90 Å². The number of benzene rings is 2.